The van der Waals surface area contributed by atoms with Crippen LogP contribution in [0, 0.1) is 5.92 Å². The number of methoxy groups -OCH3 is 1. The van der Waals surface area contributed by atoms with Crippen molar-refractivity contribution in [1.82, 2.24) is 0 Å². The lowest BCUT2D eigenvalue weighted by Crippen LogP contribution is -2.27. The first-order chi connectivity index (χ1) is 9.19. The van der Waals surface area contributed by atoms with E-state index in [0.29, 0.717) is 0 Å². The number of rotatable bonds is 6. The van der Waals surface area contributed by atoms with E-state index < -0.39 is 6.04 Å². The SMILES string of the molecule is CC[C@H](C)[C@H](N=C/C=C/c1ccccc1)C(=O)OC. The number of aliphatic imine (C=N–C) groups is 1. The van der Waals surface area contributed by atoms with Gasteiger partial charge in [-0.3, -0.25) is 4.99 Å². The lowest BCUT2D eigenvalue weighted by atomic mass is 10.00. The highest BCUT2D eigenvalue weighted by atomic mass is 16.5. The van der Waals surface area contributed by atoms with Gasteiger partial charge < -0.3 is 4.74 Å². The summed E-state index contributed by atoms with van der Waals surface area (Å²) in [5, 5.41) is 0. The Labute approximate surface area is 115 Å². The standard InChI is InChI=1S/C16H21NO2/c1-4-13(2)15(16(18)19-3)17-12-8-11-14-9-6-5-7-10-14/h5-13,15H,4H2,1-3H3/b11-8+,17-12?/t13-,15-/m0/s1. The predicted octanol–water partition coefficient (Wildman–Crippen LogP) is 3.36. The highest BCUT2D eigenvalue weighted by molar-refractivity contribution is 5.83. The van der Waals surface area contributed by atoms with Gasteiger partial charge in [-0.25, -0.2) is 4.79 Å². The van der Waals surface area contributed by atoms with Crippen molar-refractivity contribution in [2.24, 2.45) is 10.9 Å². The minimum atomic E-state index is -0.421. The molecule has 0 N–H and O–H groups in total. The third-order valence-corrected chi connectivity index (χ3v) is 3.05. The summed E-state index contributed by atoms with van der Waals surface area (Å²) < 4.78 is 4.77. The zero-order valence-corrected chi connectivity index (χ0v) is 11.7. The van der Waals surface area contributed by atoms with Gasteiger partial charge in [-0.2, -0.15) is 0 Å². The molecule has 0 bridgehead atoms. The minimum Gasteiger partial charge on any atom is -0.467 e. The van der Waals surface area contributed by atoms with Gasteiger partial charge in [0, 0.05) is 6.21 Å². The van der Waals surface area contributed by atoms with Crippen molar-refractivity contribution in [2.75, 3.05) is 7.11 Å². The van der Waals surface area contributed by atoms with Gasteiger partial charge in [0.05, 0.1) is 7.11 Å². The summed E-state index contributed by atoms with van der Waals surface area (Å²) in [5.74, 6) is -0.104. The van der Waals surface area contributed by atoms with E-state index in [2.05, 4.69) is 4.99 Å². The van der Waals surface area contributed by atoms with Crippen molar-refractivity contribution in [3.8, 4) is 0 Å². The fraction of sp³-hybridized carbons (Fsp3) is 0.375. The van der Waals surface area contributed by atoms with Gasteiger partial charge in [-0.05, 0) is 17.6 Å². The number of nitrogens with zero attached hydrogens (tertiary/aromatic N) is 1. The zero-order chi connectivity index (χ0) is 14.1. The predicted molar refractivity (Wildman–Crippen MR) is 79.2 cm³/mol. The molecule has 0 saturated carbocycles. The molecule has 3 nitrogen and oxygen atoms in total. The number of carbonyl (C=O) groups is 1. The molecule has 0 aliphatic carbocycles. The Balaban J connectivity index is 2.66. The van der Waals surface area contributed by atoms with Crippen molar-refractivity contribution in [1.29, 1.82) is 0 Å². The van der Waals surface area contributed by atoms with Gasteiger partial charge in [-0.1, -0.05) is 56.7 Å². The maximum Gasteiger partial charge on any atom is 0.330 e. The smallest absolute Gasteiger partial charge is 0.330 e. The first-order valence-electron chi connectivity index (χ1n) is 6.51. The number of hydrogen-bond acceptors (Lipinski definition) is 3. The van der Waals surface area contributed by atoms with E-state index in [0.717, 1.165) is 12.0 Å². The van der Waals surface area contributed by atoms with Gasteiger partial charge in [-0.15, -0.1) is 0 Å². The Bertz CT molecular complexity index is 437. The van der Waals surface area contributed by atoms with Crippen LogP contribution in [-0.2, 0) is 9.53 Å². The van der Waals surface area contributed by atoms with Crippen molar-refractivity contribution in [3.05, 3.63) is 42.0 Å². The Morgan fingerprint density at radius 2 is 2.05 bits per heavy atom. The highest BCUT2D eigenvalue weighted by Crippen LogP contribution is 2.12. The lowest BCUT2D eigenvalue weighted by molar-refractivity contribution is -0.143. The lowest BCUT2D eigenvalue weighted by Gasteiger charge is -2.15. The average Bonchev–Trinajstić information content (AvgIpc) is 2.47. The van der Waals surface area contributed by atoms with Crippen LogP contribution < -0.4 is 0 Å². The van der Waals surface area contributed by atoms with Gasteiger partial charge in [0.25, 0.3) is 0 Å². The van der Waals surface area contributed by atoms with Crippen LogP contribution in [0.4, 0.5) is 0 Å². The van der Waals surface area contributed by atoms with Crippen molar-refractivity contribution >= 4 is 18.3 Å². The molecule has 0 aromatic heterocycles. The molecule has 19 heavy (non-hydrogen) atoms. The van der Waals surface area contributed by atoms with Crippen LogP contribution in [0.25, 0.3) is 6.08 Å². The van der Waals surface area contributed by atoms with E-state index in [1.165, 1.54) is 7.11 Å². The molecule has 0 saturated heterocycles. The van der Waals surface area contributed by atoms with Crippen LogP contribution >= 0.6 is 0 Å². The second-order valence-corrected chi connectivity index (χ2v) is 4.42. The molecule has 1 aromatic carbocycles. The summed E-state index contributed by atoms with van der Waals surface area (Å²) in [6.07, 6.45) is 6.35. The Kier molecular flexibility index (Phi) is 6.58. The summed E-state index contributed by atoms with van der Waals surface area (Å²) in [6.45, 7) is 4.04. The molecule has 1 aromatic rings. The molecule has 0 aliphatic rings. The fourth-order valence-electron chi connectivity index (χ4n) is 1.64. The molecule has 102 valence electrons. The van der Waals surface area contributed by atoms with Gasteiger partial charge >= 0.3 is 5.97 Å². The third-order valence-electron chi connectivity index (χ3n) is 3.05. The number of hydrogen-bond donors (Lipinski definition) is 0. The minimum absolute atomic E-state index is 0.175. The summed E-state index contributed by atoms with van der Waals surface area (Å²) in [5.41, 5.74) is 1.10. The molecule has 0 fully saturated rings. The summed E-state index contributed by atoms with van der Waals surface area (Å²) >= 11 is 0. The monoisotopic (exact) mass is 259 g/mol. The van der Waals surface area contributed by atoms with Crippen molar-refractivity contribution in [3.63, 3.8) is 0 Å². The number of carbonyl (C=O) groups excluding carboxylic acids is 1. The first kappa shape index (κ1) is 15.2. The molecule has 3 heteroatoms. The highest BCUT2D eigenvalue weighted by Gasteiger charge is 2.22. The maximum atomic E-state index is 11.6. The summed E-state index contributed by atoms with van der Waals surface area (Å²) in [7, 11) is 1.40. The molecular formula is C16H21NO2. The first-order valence-corrected chi connectivity index (χ1v) is 6.51. The quantitative estimate of drug-likeness (QED) is 0.580. The van der Waals surface area contributed by atoms with E-state index >= 15 is 0 Å². The molecule has 0 heterocycles. The fourth-order valence-corrected chi connectivity index (χ4v) is 1.64. The van der Waals surface area contributed by atoms with Crippen LogP contribution in [-0.4, -0.2) is 25.3 Å². The number of esters is 1. The molecule has 0 unspecified atom stereocenters. The van der Waals surface area contributed by atoms with E-state index in [4.69, 9.17) is 4.74 Å². The van der Waals surface area contributed by atoms with E-state index in [9.17, 15) is 4.79 Å². The van der Waals surface area contributed by atoms with Crippen molar-refractivity contribution in [2.45, 2.75) is 26.3 Å². The zero-order valence-electron chi connectivity index (χ0n) is 11.7. The molecule has 2 atom stereocenters. The molecule has 1 rings (SSSR count). The molecule has 0 spiro atoms. The van der Waals surface area contributed by atoms with Gasteiger partial charge in [0.15, 0.2) is 0 Å². The van der Waals surface area contributed by atoms with Crippen LogP contribution in [0.15, 0.2) is 41.4 Å². The Morgan fingerprint density at radius 3 is 2.63 bits per heavy atom. The number of benzene rings is 1. The van der Waals surface area contributed by atoms with E-state index in [-0.39, 0.29) is 11.9 Å². The van der Waals surface area contributed by atoms with Gasteiger partial charge in [0.1, 0.15) is 6.04 Å². The molecule has 0 amide bonds. The normalized spacial score (nSPS) is 14.7. The maximum absolute atomic E-state index is 11.6. The average molecular weight is 259 g/mol. The summed E-state index contributed by atoms with van der Waals surface area (Å²) in [4.78, 5) is 15.9. The van der Waals surface area contributed by atoms with Crippen LogP contribution in [0.1, 0.15) is 25.8 Å². The van der Waals surface area contributed by atoms with E-state index in [1.807, 2.05) is 56.3 Å². The molecule has 0 radical (unpaired) electrons. The van der Waals surface area contributed by atoms with Crippen molar-refractivity contribution < 1.29 is 9.53 Å². The summed E-state index contributed by atoms with van der Waals surface area (Å²) in [6, 6.07) is 9.53. The van der Waals surface area contributed by atoms with Crippen LogP contribution in [0.5, 0.6) is 0 Å². The van der Waals surface area contributed by atoms with E-state index in [1.54, 1.807) is 6.21 Å². The third kappa shape index (κ3) is 5.08. The Hall–Kier alpha value is -1.90. The van der Waals surface area contributed by atoms with Crippen LogP contribution in [0.2, 0.25) is 0 Å². The molecular weight excluding hydrogens is 238 g/mol. The second kappa shape index (κ2) is 8.25. The topological polar surface area (TPSA) is 38.7 Å². The Morgan fingerprint density at radius 1 is 1.37 bits per heavy atom. The van der Waals surface area contributed by atoms with Crippen LogP contribution in [0.3, 0.4) is 0 Å². The number of ether oxygens (including phenoxy) is 1. The number of allylic oxidation sites excluding steroid dienone is 1. The largest absolute Gasteiger partial charge is 0.467 e. The second-order valence-electron chi connectivity index (χ2n) is 4.42. The molecule has 0 aliphatic heterocycles. The van der Waals surface area contributed by atoms with Gasteiger partial charge in [0.2, 0.25) is 0 Å².